The van der Waals surface area contributed by atoms with Crippen LogP contribution in [0.1, 0.15) is 309 Å². The predicted octanol–water partition coefficient (Wildman–Crippen LogP) is 24.4. The van der Waals surface area contributed by atoms with Gasteiger partial charge in [-0.25, -0.2) is 4.57 Å². The summed E-state index contributed by atoms with van der Waals surface area (Å²) in [6.07, 6.45) is 101. The van der Waals surface area contributed by atoms with Crippen molar-refractivity contribution in [3.05, 3.63) is 134 Å². The monoisotopic (exact) mass is 1270 g/mol. The van der Waals surface area contributed by atoms with Gasteiger partial charge in [-0.05, 0) is 116 Å². The minimum absolute atomic E-state index is 0.0240. The lowest BCUT2D eigenvalue weighted by Gasteiger charge is -2.24. The van der Waals surface area contributed by atoms with Crippen LogP contribution >= 0.6 is 7.82 Å². The van der Waals surface area contributed by atoms with Crippen LogP contribution < -0.4 is 0 Å². The maximum Gasteiger partial charge on any atom is 0.472 e. The van der Waals surface area contributed by atoms with Crippen molar-refractivity contribution in [2.24, 2.45) is 0 Å². The predicted molar refractivity (Wildman–Crippen MR) is 390 cm³/mol. The van der Waals surface area contributed by atoms with Gasteiger partial charge in [0, 0.05) is 12.8 Å². The Morgan fingerprint density at radius 3 is 0.944 bits per heavy atom. The standard InChI is InChI=1S/C80H138NO8P/c1-6-8-10-12-14-16-18-20-22-24-26-28-30-32-34-36-38-39-40-41-43-45-47-49-51-53-55-57-59-61-63-65-67-69-71-73-80(83)89-78(77-88-90(84,85)87-75-74-81(3,4)5)76-86-79(82)72-70-68-66-64-62-60-58-56-54-52-50-48-46-44-42-37-35-33-31-29-27-25-23-21-19-17-15-13-11-9-7-2/h8,10,14,16,19-22,25-28,32,34,38-39,41,43,47,49,53,55,78H,6-7,9,11-13,15,17-18,23-24,29-31,33,35-37,40,42,44-46,48,50-52,54,56-77H2,1-5H3/p+1/b10-8-,16-14-,21-19-,22-20-,27-25-,28-26-,34-32-,39-38-,43-41-,49-47-,55-53-. The molecule has 2 atom stereocenters. The van der Waals surface area contributed by atoms with Crippen LogP contribution in [-0.2, 0) is 32.7 Å². The largest absolute Gasteiger partial charge is 0.472 e. The number of unbranched alkanes of at least 4 members (excludes halogenated alkanes) is 31. The Balaban J connectivity index is 4.09. The number of hydrogen-bond acceptors (Lipinski definition) is 7. The van der Waals surface area contributed by atoms with Crippen molar-refractivity contribution in [2.75, 3.05) is 47.5 Å². The summed E-state index contributed by atoms with van der Waals surface area (Å²) in [6, 6.07) is 0. The van der Waals surface area contributed by atoms with E-state index >= 15 is 0 Å². The molecule has 0 saturated carbocycles. The van der Waals surface area contributed by atoms with E-state index in [9.17, 15) is 19.0 Å². The molecule has 1 N–H and O–H groups in total. The van der Waals surface area contributed by atoms with Gasteiger partial charge in [0.25, 0.3) is 0 Å². The SMILES string of the molecule is CC/C=C\C/C=C\C/C=C\C/C=C\C/C=C\C/C=C\C/C=C\C/C=C\C/C=C\CCCCCCCCCC(=O)OC(COC(=O)CCCCCCCCCCCCCCCCCCCCC/C=C\C/C=C\CCCCCCC)COP(=O)(O)OCC[N+](C)(C)C. The van der Waals surface area contributed by atoms with E-state index < -0.39 is 26.5 Å². The zero-order valence-electron chi connectivity index (χ0n) is 58.8. The maximum absolute atomic E-state index is 12.9. The first-order chi connectivity index (χ1) is 44.0. The molecule has 0 aromatic carbocycles. The first-order valence-corrected chi connectivity index (χ1v) is 38.4. The van der Waals surface area contributed by atoms with E-state index in [-0.39, 0.29) is 32.0 Å². The molecule has 0 aliphatic heterocycles. The van der Waals surface area contributed by atoms with Crippen LogP contribution in [0.25, 0.3) is 0 Å². The Morgan fingerprint density at radius 2 is 0.633 bits per heavy atom. The molecule has 0 heterocycles. The Morgan fingerprint density at radius 1 is 0.356 bits per heavy atom. The molecule has 0 radical (unpaired) electrons. The highest BCUT2D eigenvalue weighted by Gasteiger charge is 2.27. The van der Waals surface area contributed by atoms with Gasteiger partial charge in [-0.2, -0.15) is 0 Å². The lowest BCUT2D eigenvalue weighted by molar-refractivity contribution is -0.870. The second kappa shape index (κ2) is 69.5. The summed E-state index contributed by atoms with van der Waals surface area (Å²) in [6.45, 7) is 4.31. The Labute approximate surface area is 555 Å². The molecule has 0 aromatic rings. The first kappa shape index (κ1) is 86.2. The summed E-state index contributed by atoms with van der Waals surface area (Å²) in [4.78, 5) is 35.9. The maximum atomic E-state index is 12.9. The number of phosphoric acid groups is 1. The average Bonchev–Trinajstić information content (AvgIpc) is 3.61. The third kappa shape index (κ3) is 73.2. The number of rotatable bonds is 67. The fraction of sp³-hybridized carbons (Fsp3) is 0.700. The zero-order valence-corrected chi connectivity index (χ0v) is 59.7. The molecular weight excluding hydrogens is 1130 g/mol. The minimum atomic E-state index is -4.40. The second-order valence-corrected chi connectivity index (χ2v) is 27.0. The van der Waals surface area contributed by atoms with Gasteiger partial charge < -0.3 is 18.9 Å². The highest BCUT2D eigenvalue weighted by Crippen LogP contribution is 2.43. The van der Waals surface area contributed by atoms with E-state index in [0.717, 1.165) is 109 Å². The molecule has 0 aliphatic carbocycles. The van der Waals surface area contributed by atoms with Gasteiger partial charge in [0.05, 0.1) is 27.7 Å². The Kier molecular flexibility index (Phi) is 66.5. The van der Waals surface area contributed by atoms with Crippen LogP contribution in [0.3, 0.4) is 0 Å². The first-order valence-electron chi connectivity index (χ1n) is 36.9. The number of ether oxygens (including phenoxy) is 2. The molecule has 0 bridgehead atoms. The molecule has 0 aliphatic rings. The lowest BCUT2D eigenvalue weighted by Crippen LogP contribution is -2.37. The Bertz CT molecular complexity index is 1980. The van der Waals surface area contributed by atoms with E-state index in [2.05, 4.69) is 148 Å². The topological polar surface area (TPSA) is 108 Å². The fourth-order valence-corrected chi connectivity index (χ4v) is 10.8. The van der Waals surface area contributed by atoms with Crippen molar-refractivity contribution < 1.29 is 42.1 Å². The van der Waals surface area contributed by atoms with E-state index in [1.807, 2.05) is 21.1 Å². The van der Waals surface area contributed by atoms with Gasteiger partial charge >= 0.3 is 19.8 Å². The fourth-order valence-electron chi connectivity index (χ4n) is 10.0. The molecule has 10 heteroatoms. The molecule has 516 valence electrons. The third-order valence-corrected chi connectivity index (χ3v) is 16.6. The minimum Gasteiger partial charge on any atom is -0.462 e. The number of esters is 2. The molecule has 9 nitrogen and oxygen atoms in total. The van der Waals surface area contributed by atoms with E-state index in [1.165, 1.54) is 167 Å². The summed E-state index contributed by atoms with van der Waals surface area (Å²) in [5.41, 5.74) is 0. The molecule has 0 spiro atoms. The lowest BCUT2D eigenvalue weighted by atomic mass is 10.0. The molecule has 2 unspecified atom stereocenters. The van der Waals surface area contributed by atoms with Crippen LogP contribution in [-0.4, -0.2) is 74.9 Å². The normalized spacial score (nSPS) is 13.9. The van der Waals surface area contributed by atoms with Crippen molar-refractivity contribution in [1.82, 2.24) is 0 Å². The van der Waals surface area contributed by atoms with Crippen molar-refractivity contribution in [3.63, 3.8) is 0 Å². The van der Waals surface area contributed by atoms with Crippen LogP contribution in [0.15, 0.2) is 134 Å². The van der Waals surface area contributed by atoms with Gasteiger partial charge in [-0.1, -0.05) is 314 Å². The number of likely N-dealkylation sites (N-methyl/N-ethyl adjacent to an activating group) is 1. The summed E-state index contributed by atoms with van der Waals surface area (Å²) in [7, 11) is 1.46. The van der Waals surface area contributed by atoms with Gasteiger partial charge in [0.2, 0.25) is 0 Å². The average molecular weight is 1270 g/mol. The van der Waals surface area contributed by atoms with Gasteiger partial charge in [0.15, 0.2) is 6.10 Å². The van der Waals surface area contributed by atoms with Crippen molar-refractivity contribution in [1.29, 1.82) is 0 Å². The summed E-state index contributed by atoms with van der Waals surface area (Å²) >= 11 is 0. The highest BCUT2D eigenvalue weighted by atomic mass is 31.2. The van der Waals surface area contributed by atoms with E-state index in [1.54, 1.807) is 0 Å². The smallest absolute Gasteiger partial charge is 0.462 e. The summed E-state index contributed by atoms with van der Waals surface area (Å²) in [5, 5.41) is 0. The molecule has 0 rings (SSSR count). The van der Waals surface area contributed by atoms with Gasteiger partial charge in [0.1, 0.15) is 19.8 Å². The number of carbonyl (C=O) groups is 2. The quantitative estimate of drug-likeness (QED) is 0.0211. The highest BCUT2D eigenvalue weighted by molar-refractivity contribution is 7.47. The van der Waals surface area contributed by atoms with Gasteiger partial charge in [-0.3, -0.25) is 18.6 Å². The summed E-state index contributed by atoms with van der Waals surface area (Å²) in [5.74, 6) is -0.808. The zero-order chi connectivity index (χ0) is 65.5. The van der Waals surface area contributed by atoms with E-state index in [0.29, 0.717) is 17.4 Å². The van der Waals surface area contributed by atoms with Crippen molar-refractivity contribution in [3.8, 4) is 0 Å². The van der Waals surface area contributed by atoms with Crippen molar-refractivity contribution in [2.45, 2.75) is 315 Å². The summed E-state index contributed by atoms with van der Waals surface area (Å²) < 4.78 is 34.7. The molecular formula is C80H139NO8P+. The molecule has 90 heavy (non-hydrogen) atoms. The number of hydrogen-bond donors (Lipinski definition) is 1. The van der Waals surface area contributed by atoms with Gasteiger partial charge in [-0.15, -0.1) is 0 Å². The van der Waals surface area contributed by atoms with Crippen molar-refractivity contribution >= 4 is 19.8 Å². The molecule has 0 fully saturated rings. The number of carbonyl (C=O) groups excluding carboxylic acids is 2. The molecule has 0 amide bonds. The second-order valence-electron chi connectivity index (χ2n) is 25.6. The Hall–Kier alpha value is -3.85. The number of quaternary nitrogens is 1. The molecule has 0 aromatic heterocycles. The van der Waals surface area contributed by atoms with Crippen LogP contribution in [0, 0.1) is 0 Å². The molecule has 0 saturated heterocycles. The van der Waals surface area contributed by atoms with Crippen LogP contribution in [0.2, 0.25) is 0 Å². The van der Waals surface area contributed by atoms with E-state index in [4.69, 9.17) is 18.5 Å². The van der Waals surface area contributed by atoms with Crippen LogP contribution in [0.5, 0.6) is 0 Å². The number of phosphoric ester groups is 1. The van der Waals surface area contributed by atoms with Crippen LogP contribution in [0.4, 0.5) is 0 Å². The number of allylic oxidation sites excluding steroid dienone is 22. The third-order valence-electron chi connectivity index (χ3n) is 15.7. The number of nitrogens with zero attached hydrogens (tertiary/aromatic N) is 1.